The van der Waals surface area contributed by atoms with Crippen molar-refractivity contribution >= 4 is 11.9 Å². The van der Waals surface area contributed by atoms with E-state index in [-0.39, 0.29) is 11.9 Å². The average molecular weight is 238 g/mol. The summed E-state index contributed by atoms with van der Waals surface area (Å²) in [6.07, 6.45) is 4.74. The Bertz CT molecular complexity index is 346. The van der Waals surface area contributed by atoms with Crippen LogP contribution >= 0.6 is 0 Å². The maximum absolute atomic E-state index is 12.4. The molecule has 5 heteroatoms. The molecular weight excluding hydrogens is 220 g/mol. The van der Waals surface area contributed by atoms with Crippen molar-refractivity contribution in [3.8, 4) is 0 Å². The summed E-state index contributed by atoms with van der Waals surface area (Å²) in [6.45, 7) is 1.72. The number of imide groups is 1. The number of carbonyl (C=O) groups is 2. The van der Waals surface area contributed by atoms with Crippen molar-refractivity contribution in [1.29, 1.82) is 0 Å². The van der Waals surface area contributed by atoms with E-state index >= 15 is 0 Å². The molecule has 1 saturated carbocycles. The molecule has 5 nitrogen and oxygen atoms in total. The quantitative estimate of drug-likeness (QED) is 0.727. The van der Waals surface area contributed by atoms with Crippen LogP contribution in [0.1, 0.15) is 32.1 Å². The largest absolute Gasteiger partial charge is 0.381 e. The summed E-state index contributed by atoms with van der Waals surface area (Å²) in [5, 5.41) is 2.88. The van der Waals surface area contributed by atoms with E-state index in [0.29, 0.717) is 38.5 Å². The van der Waals surface area contributed by atoms with Gasteiger partial charge in [-0.05, 0) is 18.8 Å². The molecule has 0 aromatic heterocycles. The molecule has 3 rings (SSSR count). The first kappa shape index (κ1) is 11.0. The number of nitrogens with one attached hydrogen (secondary N) is 1. The van der Waals surface area contributed by atoms with Crippen LogP contribution in [0.5, 0.6) is 0 Å². The Morgan fingerprint density at radius 1 is 1.29 bits per heavy atom. The van der Waals surface area contributed by atoms with E-state index < -0.39 is 5.54 Å². The fourth-order valence-corrected chi connectivity index (χ4v) is 2.83. The highest BCUT2D eigenvalue weighted by atomic mass is 16.5. The minimum absolute atomic E-state index is 0.0299. The second kappa shape index (κ2) is 3.98. The lowest BCUT2D eigenvalue weighted by Gasteiger charge is -2.32. The summed E-state index contributed by atoms with van der Waals surface area (Å²) in [5.74, 6) is 0.498. The molecule has 17 heavy (non-hydrogen) atoms. The summed E-state index contributed by atoms with van der Waals surface area (Å²) < 4.78 is 5.27. The van der Waals surface area contributed by atoms with Crippen molar-refractivity contribution in [2.75, 3.05) is 19.8 Å². The van der Waals surface area contributed by atoms with E-state index in [1.165, 1.54) is 11.3 Å². The van der Waals surface area contributed by atoms with Crippen LogP contribution in [-0.4, -0.2) is 42.1 Å². The number of rotatable bonds is 2. The Kier molecular flexibility index (Phi) is 2.58. The van der Waals surface area contributed by atoms with Crippen LogP contribution in [0.4, 0.5) is 4.79 Å². The van der Waals surface area contributed by atoms with Gasteiger partial charge in [-0.2, -0.15) is 0 Å². The molecule has 1 spiro atoms. The lowest BCUT2D eigenvalue weighted by molar-refractivity contribution is -0.135. The maximum Gasteiger partial charge on any atom is 0.325 e. The van der Waals surface area contributed by atoms with E-state index in [0.717, 1.165) is 12.8 Å². The van der Waals surface area contributed by atoms with E-state index in [4.69, 9.17) is 4.74 Å². The molecule has 0 unspecified atom stereocenters. The van der Waals surface area contributed by atoms with E-state index in [9.17, 15) is 9.59 Å². The number of urea groups is 1. The van der Waals surface area contributed by atoms with Crippen molar-refractivity contribution in [3.63, 3.8) is 0 Å². The van der Waals surface area contributed by atoms with Gasteiger partial charge in [-0.15, -0.1) is 0 Å². The van der Waals surface area contributed by atoms with Crippen molar-refractivity contribution in [1.82, 2.24) is 10.2 Å². The molecule has 0 atom stereocenters. The van der Waals surface area contributed by atoms with Crippen LogP contribution in [0, 0.1) is 5.92 Å². The van der Waals surface area contributed by atoms with Crippen molar-refractivity contribution < 1.29 is 14.3 Å². The first-order valence-electron chi connectivity index (χ1n) is 6.43. The highest BCUT2D eigenvalue weighted by Gasteiger charge is 2.52. The molecule has 1 aliphatic carbocycles. The third kappa shape index (κ3) is 1.73. The predicted molar refractivity (Wildman–Crippen MR) is 60.4 cm³/mol. The average Bonchev–Trinajstić information content (AvgIpc) is 2.48. The van der Waals surface area contributed by atoms with Gasteiger partial charge in [-0.25, -0.2) is 4.79 Å². The van der Waals surface area contributed by atoms with Gasteiger partial charge in [0, 0.05) is 32.6 Å². The zero-order valence-corrected chi connectivity index (χ0v) is 9.91. The minimum Gasteiger partial charge on any atom is -0.381 e. The first-order valence-corrected chi connectivity index (χ1v) is 6.43. The van der Waals surface area contributed by atoms with Crippen molar-refractivity contribution in [2.24, 2.45) is 5.92 Å². The number of hydrogen-bond donors (Lipinski definition) is 1. The van der Waals surface area contributed by atoms with Gasteiger partial charge in [0.05, 0.1) is 0 Å². The molecule has 3 fully saturated rings. The molecule has 2 heterocycles. The Balaban J connectivity index is 1.73. The fourth-order valence-electron chi connectivity index (χ4n) is 2.83. The number of nitrogens with zero attached hydrogens (tertiary/aromatic N) is 1. The van der Waals surface area contributed by atoms with E-state index in [1.54, 1.807) is 0 Å². The standard InChI is InChI=1S/C12H18N2O3/c15-10-12(4-6-17-7-5-12)13-11(16)14(10)8-9-2-1-3-9/h9H,1-8H2,(H,13,16). The number of hydrogen-bond acceptors (Lipinski definition) is 3. The summed E-state index contributed by atoms with van der Waals surface area (Å²) in [4.78, 5) is 25.7. The van der Waals surface area contributed by atoms with Crippen LogP contribution in [0.2, 0.25) is 0 Å². The van der Waals surface area contributed by atoms with Gasteiger partial charge in [-0.3, -0.25) is 9.69 Å². The molecule has 2 aliphatic heterocycles. The Morgan fingerprint density at radius 3 is 2.59 bits per heavy atom. The van der Waals surface area contributed by atoms with Gasteiger partial charge >= 0.3 is 6.03 Å². The summed E-state index contributed by atoms with van der Waals surface area (Å²) in [5.41, 5.74) is -0.654. The summed E-state index contributed by atoms with van der Waals surface area (Å²) >= 11 is 0. The fraction of sp³-hybridized carbons (Fsp3) is 0.833. The highest BCUT2D eigenvalue weighted by molar-refractivity contribution is 6.07. The zero-order chi connectivity index (χ0) is 11.9. The molecule has 94 valence electrons. The first-order chi connectivity index (χ1) is 8.21. The lowest BCUT2D eigenvalue weighted by atomic mass is 9.84. The lowest BCUT2D eigenvalue weighted by Crippen LogP contribution is -2.51. The van der Waals surface area contributed by atoms with Crippen LogP contribution < -0.4 is 5.32 Å². The summed E-state index contributed by atoms with van der Waals surface area (Å²) in [7, 11) is 0. The van der Waals surface area contributed by atoms with Gasteiger partial charge in [0.25, 0.3) is 5.91 Å². The number of amides is 3. The normalized spacial score (nSPS) is 28.4. The topological polar surface area (TPSA) is 58.6 Å². The Labute approximate surface area is 100 Å². The van der Waals surface area contributed by atoms with Crippen LogP contribution in [0.3, 0.4) is 0 Å². The van der Waals surface area contributed by atoms with Gasteiger partial charge in [0.2, 0.25) is 0 Å². The molecule has 0 radical (unpaired) electrons. The second-order valence-electron chi connectivity index (χ2n) is 5.34. The van der Waals surface area contributed by atoms with Crippen LogP contribution in [0.15, 0.2) is 0 Å². The maximum atomic E-state index is 12.4. The third-order valence-electron chi connectivity index (χ3n) is 4.26. The number of carbonyl (C=O) groups excluding carboxylic acids is 2. The van der Waals surface area contributed by atoms with Crippen LogP contribution in [0.25, 0.3) is 0 Å². The Morgan fingerprint density at radius 2 is 2.00 bits per heavy atom. The van der Waals surface area contributed by atoms with Gasteiger partial charge in [0.1, 0.15) is 5.54 Å². The SMILES string of the molecule is O=C1NC2(CCOCC2)C(=O)N1CC1CCC1. The van der Waals surface area contributed by atoms with Gasteiger partial charge in [-0.1, -0.05) is 6.42 Å². The Hall–Kier alpha value is -1.10. The molecule has 3 amide bonds. The third-order valence-corrected chi connectivity index (χ3v) is 4.26. The zero-order valence-electron chi connectivity index (χ0n) is 9.91. The number of ether oxygens (including phenoxy) is 1. The molecule has 0 aromatic rings. The molecule has 0 aromatic carbocycles. The van der Waals surface area contributed by atoms with Crippen LogP contribution in [-0.2, 0) is 9.53 Å². The molecule has 2 saturated heterocycles. The predicted octanol–water partition coefficient (Wildman–Crippen LogP) is 0.887. The van der Waals surface area contributed by atoms with E-state index in [2.05, 4.69) is 5.32 Å². The highest BCUT2D eigenvalue weighted by Crippen LogP contribution is 2.32. The summed E-state index contributed by atoms with van der Waals surface area (Å²) in [6, 6.07) is -0.205. The molecule has 0 bridgehead atoms. The monoisotopic (exact) mass is 238 g/mol. The smallest absolute Gasteiger partial charge is 0.325 e. The minimum atomic E-state index is -0.654. The van der Waals surface area contributed by atoms with Crippen molar-refractivity contribution in [2.45, 2.75) is 37.6 Å². The van der Waals surface area contributed by atoms with Gasteiger partial charge < -0.3 is 10.1 Å². The van der Waals surface area contributed by atoms with E-state index in [1.807, 2.05) is 0 Å². The molecular formula is C12H18N2O3. The van der Waals surface area contributed by atoms with Crippen molar-refractivity contribution in [3.05, 3.63) is 0 Å². The molecule has 3 aliphatic rings. The van der Waals surface area contributed by atoms with Gasteiger partial charge in [0.15, 0.2) is 0 Å². The molecule has 1 N–H and O–H groups in total. The second-order valence-corrected chi connectivity index (χ2v) is 5.34.